The molecule has 0 heterocycles. The van der Waals surface area contributed by atoms with Crippen LogP contribution in [0.4, 0.5) is 0 Å². The Labute approximate surface area is 138 Å². The van der Waals surface area contributed by atoms with Crippen LogP contribution in [0.15, 0.2) is 24.3 Å². The first kappa shape index (κ1) is 19.0. The van der Waals surface area contributed by atoms with E-state index in [0.29, 0.717) is 5.75 Å². The van der Waals surface area contributed by atoms with Gasteiger partial charge in [-0.2, -0.15) is 0 Å². The number of rotatable bonds is 6. The number of carboxylic acids is 1. The van der Waals surface area contributed by atoms with Crippen LogP contribution in [0.5, 0.6) is 5.75 Å². The first-order valence-electron chi connectivity index (χ1n) is 7.82. The van der Waals surface area contributed by atoms with Crippen molar-refractivity contribution in [3.8, 4) is 5.75 Å². The number of aliphatic carboxylic acids is 1. The lowest BCUT2D eigenvalue weighted by Gasteiger charge is -2.22. The molecule has 0 aromatic heterocycles. The highest BCUT2D eigenvalue weighted by atomic mass is 16.5. The van der Waals surface area contributed by atoms with Gasteiger partial charge in [0.25, 0.3) is 5.91 Å². The first-order valence-corrected chi connectivity index (χ1v) is 7.82. The van der Waals surface area contributed by atoms with E-state index in [9.17, 15) is 9.59 Å². The van der Waals surface area contributed by atoms with Crippen LogP contribution in [0.2, 0.25) is 0 Å². The largest absolute Gasteiger partial charge is 0.481 e. The maximum atomic E-state index is 12.1. The summed E-state index contributed by atoms with van der Waals surface area (Å²) in [6.07, 6.45) is -0.768. The summed E-state index contributed by atoms with van der Waals surface area (Å²) in [7, 11) is 0. The van der Waals surface area contributed by atoms with E-state index in [4.69, 9.17) is 9.84 Å². The molecule has 0 bridgehead atoms. The number of benzene rings is 1. The van der Waals surface area contributed by atoms with Crippen molar-refractivity contribution in [3.63, 3.8) is 0 Å². The van der Waals surface area contributed by atoms with E-state index in [-0.39, 0.29) is 11.3 Å². The molecule has 0 fully saturated rings. The first-order chi connectivity index (χ1) is 10.5. The molecular formula is C18H27NO4. The molecule has 1 aromatic carbocycles. The molecule has 2 N–H and O–H groups in total. The quantitative estimate of drug-likeness (QED) is 0.844. The van der Waals surface area contributed by atoms with Gasteiger partial charge < -0.3 is 15.2 Å². The SMILES string of the molecule is CC(Oc1ccc(C(C)(C)C)cc1)C(=O)NC(C(=O)O)C(C)C. The molecule has 1 rings (SSSR count). The molecule has 0 aliphatic carbocycles. The number of carbonyl (C=O) groups excluding carboxylic acids is 1. The van der Waals surface area contributed by atoms with Gasteiger partial charge in [-0.15, -0.1) is 0 Å². The van der Waals surface area contributed by atoms with Crippen molar-refractivity contribution < 1.29 is 19.4 Å². The summed E-state index contributed by atoms with van der Waals surface area (Å²) in [6.45, 7) is 11.5. The molecule has 5 heteroatoms. The molecule has 2 atom stereocenters. The number of carbonyl (C=O) groups is 2. The molecule has 23 heavy (non-hydrogen) atoms. The Morgan fingerprint density at radius 3 is 2.00 bits per heavy atom. The second kappa shape index (κ2) is 7.49. The molecular weight excluding hydrogens is 294 g/mol. The van der Waals surface area contributed by atoms with Gasteiger partial charge in [0.15, 0.2) is 6.10 Å². The lowest BCUT2D eigenvalue weighted by molar-refractivity contribution is -0.144. The molecule has 0 aliphatic rings. The Hall–Kier alpha value is -2.04. The Morgan fingerprint density at radius 2 is 1.61 bits per heavy atom. The minimum atomic E-state index is -1.05. The Morgan fingerprint density at radius 1 is 1.09 bits per heavy atom. The fourth-order valence-electron chi connectivity index (χ4n) is 2.08. The number of ether oxygens (including phenoxy) is 1. The highest BCUT2D eigenvalue weighted by molar-refractivity contribution is 5.86. The van der Waals surface area contributed by atoms with Gasteiger partial charge in [-0.25, -0.2) is 4.79 Å². The Kier molecular flexibility index (Phi) is 6.19. The zero-order valence-corrected chi connectivity index (χ0v) is 14.7. The summed E-state index contributed by atoms with van der Waals surface area (Å²) in [5, 5.41) is 11.6. The Bertz CT molecular complexity index is 543. The molecule has 0 saturated heterocycles. The van der Waals surface area contributed by atoms with Crippen LogP contribution < -0.4 is 10.1 Å². The van der Waals surface area contributed by atoms with Gasteiger partial charge in [-0.3, -0.25) is 4.79 Å². The van der Waals surface area contributed by atoms with E-state index in [1.165, 1.54) is 5.56 Å². The molecule has 2 unspecified atom stereocenters. The van der Waals surface area contributed by atoms with Crippen LogP contribution in [-0.2, 0) is 15.0 Å². The minimum absolute atomic E-state index is 0.0491. The summed E-state index contributed by atoms with van der Waals surface area (Å²) in [6, 6.07) is 6.66. The molecule has 1 amide bonds. The van der Waals surface area contributed by atoms with Crippen LogP contribution >= 0.6 is 0 Å². The molecule has 0 radical (unpaired) electrons. The summed E-state index contributed by atoms with van der Waals surface area (Å²) >= 11 is 0. The van der Waals surface area contributed by atoms with Gasteiger partial charge in [0, 0.05) is 0 Å². The van der Waals surface area contributed by atoms with Crippen molar-refractivity contribution in [2.75, 3.05) is 0 Å². The third-order valence-corrected chi connectivity index (χ3v) is 3.63. The van der Waals surface area contributed by atoms with E-state index in [1.54, 1.807) is 20.8 Å². The van der Waals surface area contributed by atoms with Crippen LogP contribution in [0.1, 0.15) is 47.1 Å². The highest BCUT2D eigenvalue weighted by Crippen LogP contribution is 2.24. The zero-order chi connectivity index (χ0) is 17.8. The fourth-order valence-corrected chi connectivity index (χ4v) is 2.08. The lowest BCUT2D eigenvalue weighted by atomic mass is 9.87. The van der Waals surface area contributed by atoms with E-state index in [2.05, 4.69) is 26.1 Å². The van der Waals surface area contributed by atoms with Crippen molar-refractivity contribution in [2.45, 2.75) is 59.1 Å². The predicted octanol–water partition coefficient (Wildman–Crippen LogP) is 2.98. The van der Waals surface area contributed by atoms with E-state index in [0.717, 1.165) is 0 Å². The molecule has 0 saturated carbocycles. The molecule has 0 spiro atoms. The summed E-state index contributed by atoms with van der Waals surface area (Å²) in [5.41, 5.74) is 1.22. The van der Waals surface area contributed by atoms with E-state index in [1.807, 2.05) is 24.3 Å². The summed E-state index contributed by atoms with van der Waals surface area (Å²) < 4.78 is 5.60. The van der Waals surface area contributed by atoms with Crippen molar-refractivity contribution in [1.29, 1.82) is 0 Å². The van der Waals surface area contributed by atoms with Crippen LogP contribution in [-0.4, -0.2) is 29.1 Å². The third kappa shape index (κ3) is 5.58. The smallest absolute Gasteiger partial charge is 0.326 e. The van der Waals surface area contributed by atoms with Gasteiger partial charge in [0.2, 0.25) is 0 Å². The second-order valence-electron chi connectivity index (χ2n) is 7.10. The van der Waals surface area contributed by atoms with Gasteiger partial charge in [-0.05, 0) is 36.0 Å². The second-order valence-corrected chi connectivity index (χ2v) is 7.10. The van der Waals surface area contributed by atoms with E-state index >= 15 is 0 Å². The molecule has 0 aliphatic heterocycles. The average molecular weight is 321 g/mol. The van der Waals surface area contributed by atoms with Crippen molar-refractivity contribution >= 4 is 11.9 Å². The topological polar surface area (TPSA) is 75.6 Å². The summed E-state index contributed by atoms with van der Waals surface area (Å²) in [5.74, 6) is -1.10. The third-order valence-electron chi connectivity index (χ3n) is 3.63. The van der Waals surface area contributed by atoms with Gasteiger partial charge in [-0.1, -0.05) is 46.8 Å². The number of hydrogen-bond acceptors (Lipinski definition) is 3. The normalized spacial score (nSPS) is 14.2. The summed E-state index contributed by atoms with van der Waals surface area (Å²) in [4.78, 5) is 23.2. The van der Waals surface area contributed by atoms with Crippen LogP contribution in [0, 0.1) is 5.92 Å². The van der Waals surface area contributed by atoms with E-state index < -0.39 is 24.0 Å². The number of carboxylic acid groups (broad SMARTS) is 1. The van der Waals surface area contributed by atoms with Crippen LogP contribution in [0.25, 0.3) is 0 Å². The minimum Gasteiger partial charge on any atom is -0.481 e. The molecule has 1 aromatic rings. The standard InChI is InChI=1S/C18H27NO4/c1-11(2)15(17(21)22)19-16(20)12(3)23-14-9-7-13(8-10-14)18(4,5)6/h7-12,15H,1-6H3,(H,19,20)(H,21,22). The molecule has 128 valence electrons. The predicted molar refractivity (Wildman–Crippen MR) is 89.6 cm³/mol. The number of hydrogen-bond donors (Lipinski definition) is 2. The zero-order valence-electron chi connectivity index (χ0n) is 14.7. The Balaban J connectivity index is 2.70. The maximum absolute atomic E-state index is 12.1. The number of nitrogens with one attached hydrogen (secondary N) is 1. The van der Waals surface area contributed by atoms with Crippen molar-refractivity contribution in [3.05, 3.63) is 29.8 Å². The van der Waals surface area contributed by atoms with Gasteiger partial charge in [0.1, 0.15) is 11.8 Å². The van der Waals surface area contributed by atoms with Crippen molar-refractivity contribution in [1.82, 2.24) is 5.32 Å². The molecule has 5 nitrogen and oxygen atoms in total. The van der Waals surface area contributed by atoms with Gasteiger partial charge in [0.05, 0.1) is 0 Å². The number of amides is 1. The monoisotopic (exact) mass is 321 g/mol. The highest BCUT2D eigenvalue weighted by Gasteiger charge is 2.26. The average Bonchev–Trinajstić information content (AvgIpc) is 2.43. The lowest BCUT2D eigenvalue weighted by Crippen LogP contribution is -2.48. The fraction of sp³-hybridized carbons (Fsp3) is 0.556. The van der Waals surface area contributed by atoms with Crippen LogP contribution in [0.3, 0.4) is 0 Å². The maximum Gasteiger partial charge on any atom is 0.326 e. The van der Waals surface area contributed by atoms with Crippen molar-refractivity contribution in [2.24, 2.45) is 5.92 Å². The van der Waals surface area contributed by atoms with Gasteiger partial charge >= 0.3 is 5.97 Å².